The van der Waals surface area contributed by atoms with Crippen molar-refractivity contribution in [2.24, 2.45) is 0 Å². The highest BCUT2D eigenvalue weighted by Gasteiger charge is 2.24. The molecule has 2 aliphatic rings. The molecule has 1 fully saturated rings. The van der Waals surface area contributed by atoms with Gasteiger partial charge in [-0.15, -0.1) is 0 Å². The lowest BCUT2D eigenvalue weighted by Crippen LogP contribution is -2.35. The maximum Gasteiger partial charge on any atom is 0.127 e. The van der Waals surface area contributed by atoms with Gasteiger partial charge in [-0.1, -0.05) is 15.9 Å². The lowest BCUT2D eigenvalue weighted by Gasteiger charge is -2.22. The summed E-state index contributed by atoms with van der Waals surface area (Å²) < 4.78 is 6.89. The average Bonchev–Trinajstić information content (AvgIpc) is 2.98. The molecule has 0 unspecified atom stereocenters. The van der Waals surface area contributed by atoms with E-state index in [2.05, 4.69) is 45.3 Å². The first-order valence-corrected chi connectivity index (χ1v) is 7.95. The molecule has 1 aromatic carbocycles. The number of β-amino-alcohol motifs (C(OH)–C–C–N with tert-alkyl or cyclic N) is 1. The predicted molar refractivity (Wildman–Crippen MR) is 82.1 cm³/mol. The van der Waals surface area contributed by atoms with E-state index in [9.17, 15) is 5.11 Å². The smallest absolute Gasteiger partial charge is 0.127 e. The number of rotatable bonds is 4. The van der Waals surface area contributed by atoms with Crippen LogP contribution in [0.5, 0.6) is 5.75 Å². The lowest BCUT2D eigenvalue weighted by atomic mass is 10.1. The Labute approximate surface area is 128 Å². The lowest BCUT2D eigenvalue weighted by molar-refractivity contribution is 0.189. The normalized spacial score (nSPS) is 25.0. The molecule has 1 aromatic rings. The third-order valence-corrected chi connectivity index (χ3v) is 4.45. The van der Waals surface area contributed by atoms with Crippen molar-refractivity contribution >= 4 is 15.9 Å². The van der Waals surface area contributed by atoms with Gasteiger partial charge in [0.05, 0.1) is 12.7 Å². The van der Waals surface area contributed by atoms with Crippen LogP contribution < -0.4 is 10.1 Å². The second-order valence-corrected chi connectivity index (χ2v) is 6.76. The van der Waals surface area contributed by atoms with Crippen molar-refractivity contribution in [2.75, 3.05) is 26.7 Å². The molecule has 3 rings (SSSR count). The van der Waals surface area contributed by atoms with Gasteiger partial charge in [0.2, 0.25) is 0 Å². The Morgan fingerprint density at radius 2 is 2.35 bits per heavy atom. The summed E-state index contributed by atoms with van der Waals surface area (Å²) in [6.45, 7) is 3.32. The first kappa shape index (κ1) is 14.3. The van der Waals surface area contributed by atoms with Gasteiger partial charge in [0.1, 0.15) is 5.75 Å². The van der Waals surface area contributed by atoms with E-state index < -0.39 is 0 Å². The predicted octanol–water partition coefficient (Wildman–Crippen LogP) is 1.54. The first-order chi connectivity index (χ1) is 9.61. The molecule has 20 heavy (non-hydrogen) atoms. The van der Waals surface area contributed by atoms with Crippen molar-refractivity contribution in [3.05, 3.63) is 27.7 Å². The summed E-state index contributed by atoms with van der Waals surface area (Å²) in [6.07, 6.45) is 1.66. The van der Waals surface area contributed by atoms with Crippen molar-refractivity contribution < 1.29 is 9.84 Å². The van der Waals surface area contributed by atoms with Crippen LogP contribution in [0.2, 0.25) is 0 Å². The van der Waals surface area contributed by atoms with E-state index in [1.807, 2.05) is 0 Å². The van der Waals surface area contributed by atoms with Crippen LogP contribution in [0.3, 0.4) is 0 Å². The number of nitrogens with zero attached hydrogens (tertiary/aromatic N) is 1. The largest absolute Gasteiger partial charge is 0.493 e. The Balaban J connectivity index is 1.65. The molecule has 4 nitrogen and oxygen atoms in total. The molecular formula is C15H21BrN2O2. The number of nitrogens with one attached hydrogen (secondary N) is 1. The highest BCUT2D eigenvalue weighted by molar-refractivity contribution is 9.10. The number of aliphatic hydroxyl groups is 1. The van der Waals surface area contributed by atoms with Gasteiger partial charge < -0.3 is 20.1 Å². The van der Waals surface area contributed by atoms with Crippen LogP contribution in [0.4, 0.5) is 0 Å². The Hall–Kier alpha value is -0.620. The van der Waals surface area contributed by atoms with E-state index in [4.69, 9.17) is 4.74 Å². The van der Waals surface area contributed by atoms with E-state index in [0.29, 0.717) is 12.6 Å². The second-order valence-electron chi connectivity index (χ2n) is 5.84. The molecule has 0 aliphatic carbocycles. The summed E-state index contributed by atoms with van der Waals surface area (Å²) in [6, 6.07) is 4.69. The van der Waals surface area contributed by atoms with Crippen molar-refractivity contribution in [1.29, 1.82) is 0 Å². The molecule has 2 heterocycles. The van der Waals surface area contributed by atoms with E-state index in [-0.39, 0.29) is 6.10 Å². The fourth-order valence-corrected chi connectivity index (χ4v) is 3.68. The number of likely N-dealkylation sites (N-methyl/N-ethyl adjacent to an activating group) is 1. The molecule has 0 spiro atoms. The van der Waals surface area contributed by atoms with Crippen LogP contribution in [0.15, 0.2) is 16.6 Å². The van der Waals surface area contributed by atoms with Gasteiger partial charge in [0.25, 0.3) is 0 Å². The van der Waals surface area contributed by atoms with Gasteiger partial charge in [-0.3, -0.25) is 0 Å². The van der Waals surface area contributed by atoms with Crippen LogP contribution >= 0.6 is 15.9 Å². The molecule has 0 bridgehead atoms. The topological polar surface area (TPSA) is 44.7 Å². The van der Waals surface area contributed by atoms with Crippen LogP contribution in [-0.2, 0) is 13.0 Å². The molecule has 0 saturated carbocycles. The highest BCUT2D eigenvalue weighted by Crippen LogP contribution is 2.33. The van der Waals surface area contributed by atoms with E-state index in [1.165, 1.54) is 11.1 Å². The number of hydrogen-bond acceptors (Lipinski definition) is 4. The summed E-state index contributed by atoms with van der Waals surface area (Å²) in [5.74, 6) is 1.07. The Kier molecular flexibility index (Phi) is 4.31. The standard InChI is InChI=1S/C15H21BrN2O2/c1-18(9-13-6-14(19)7-17-13)8-11-5-12(16)4-10-2-3-20-15(10)11/h4-5,13-14,17,19H,2-3,6-9H2,1H3/t13-,14+/m0/s1. The number of ether oxygens (including phenoxy) is 1. The molecule has 110 valence electrons. The van der Waals surface area contributed by atoms with E-state index in [0.717, 1.165) is 42.8 Å². The minimum atomic E-state index is -0.188. The summed E-state index contributed by atoms with van der Waals surface area (Å²) in [7, 11) is 2.12. The van der Waals surface area contributed by atoms with Crippen molar-refractivity contribution in [3.8, 4) is 5.75 Å². The van der Waals surface area contributed by atoms with Gasteiger partial charge in [-0.05, 0) is 31.2 Å². The zero-order valence-corrected chi connectivity index (χ0v) is 13.3. The van der Waals surface area contributed by atoms with Crippen LogP contribution in [0.25, 0.3) is 0 Å². The van der Waals surface area contributed by atoms with E-state index >= 15 is 0 Å². The molecule has 2 atom stereocenters. The van der Waals surface area contributed by atoms with Crippen molar-refractivity contribution in [2.45, 2.75) is 31.5 Å². The van der Waals surface area contributed by atoms with Gasteiger partial charge >= 0.3 is 0 Å². The zero-order valence-electron chi connectivity index (χ0n) is 11.7. The van der Waals surface area contributed by atoms with E-state index in [1.54, 1.807) is 0 Å². The minimum absolute atomic E-state index is 0.188. The maximum atomic E-state index is 9.56. The van der Waals surface area contributed by atoms with Crippen molar-refractivity contribution in [3.63, 3.8) is 0 Å². The molecule has 0 radical (unpaired) electrons. The molecule has 0 amide bonds. The summed E-state index contributed by atoms with van der Waals surface area (Å²) in [5.41, 5.74) is 2.55. The number of benzene rings is 1. The van der Waals surface area contributed by atoms with Gasteiger partial charge in [0.15, 0.2) is 0 Å². The third kappa shape index (κ3) is 3.17. The molecule has 2 N–H and O–H groups in total. The van der Waals surface area contributed by atoms with Gasteiger partial charge in [0, 0.05) is 42.1 Å². The molecule has 1 saturated heterocycles. The van der Waals surface area contributed by atoms with Crippen LogP contribution in [0.1, 0.15) is 17.5 Å². The monoisotopic (exact) mass is 340 g/mol. The number of aliphatic hydroxyl groups excluding tert-OH is 1. The van der Waals surface area contributed by atoms with Gasteiger partial charge in [-0.2, -0.15) is 0 Å². The highest BCUT2D eigenvalue weighted by atomic mass is 79.9. The summed E-state index contributed by atoms with van der Waals surface area (Å²) in [4.78, 5) is 2.29. The Bertz CT molecular complexity index is 495. The SMILES string of the molecule is CN(Cc1cc(Br)cc2c1OCC2)C[C@@H]1C[C@@H](O)CN1. The summed E-state index contributed by atoms with van der Waals surface area (Å²) in [5, 5.41) is 12.9. The number of halogens is 1. The minimum Gasteiger partial charge on any atom is -0.493 e. The molecular weight excluding hydrogens is 320 g/mol. The number of fused-ring (bicyclic) bond motifs is 1. The molecule has 0 aromatic heterocycles. The van der Waals surface area contributed by atoms with Gasteiger partial charge in [-0.25, -0.2) is 0 Å². The fourth-order valence-electron chi connectivity index (χ4n) is 3.13. The zero-order chi connectivity index (χ0) is 14.1. The summed E-state index contributed by atoms with van der Waals surface area (Å²) >= 11 is 3.58. The Morgan fingerprint density at radius 1 is 1.50 bits per heavy atom. The Morgan fingerprint density at radius 3 is 3.10 bits per heavy atom. The maximum absolute atomic E-state index is 9.56. The van der Waals surface area contributed by atoms with Crippen LogP contribution in [0, 0.1) is 0 Å². The molecule has 2 aliphatic heterocycles. The second kappa shape index (κ2) is 6.02. The van der Waals surface area contributed by atoms with Crippen molar-refractivity contribution in [1.82, 2.24) is 10.2 Å². The fraction of sp³-hybridized carbons (Fsp3) is 0.600. The first-order valence-electron chi connectivity index (χ1n) is 7.16. The quantitative estimate of drug-likeness (QED) is 0.872. The molecule has 5 heteroatoms. The average molecular weight is 341 g/mol. The third-order valence-electron chi connectivity index (χ3n) is 4.00. The number of hydrogen-bond donors (Lipinski definition) is 2. The van der Waals surface area contributed by atoms with Crippen LogP contribution in [-0.4, -0.2) is 48.9 Å².